The molecule has 2 rings (SSSR count). The van der Waals surface area contributed by atoms with Crippen LogP contribution in [-0.2, 0) is 9.59 Å². The van der Waals surface area contributed by atoms with Gasteiger partial charge in [-0.3, -0.25) is 19.7 Å². The Balaban J connectivity index is 1.98. The summed E-state index contributed by atoms with van der Waals surface area (Å²) in [5, 5.41) is 4.68. The normalized spacial score (nSPS) is 17.8. The van der Waals surface area contributed by atoms with Crippen molar-refractivity contribution in [3.8, 4) is 5.75 Å². The quantitative estimate of drug-likeness (QED) is 0.657. The number of carbonyl (C=O) groups excluding carboxylic acids is 4. The molecule has 1 aromatic carbocycles. The number of nitrogens with two attached hydrogens (primary N) is 1. The second kappa shape index (κ2) is 6.04. The van der Waals surface area contributed by atoms with Crippen LogP contribution < -0.4 is 21.1 Å². The monoisotopic (exact) mass is 291 g/mol. The molecule has 0 radical (unpaired) electrons. The van der Waals surface area contributed by atoms with Crippen molar-refractivity contribution in [3.63, 3.8) is 0 Å². The minimum absolute atomic E-state index is 0.183. The maximum absolute atomic E-state index is 12.0. The number of amides is 4. The van der Waals surface area contributed by atoms with Gasteiger partial charge in [0.05, 0.1) is 0 Å². The zero-order chi connectivity index (χ0) is 15.4. The van der Waals surface area contributed by atoms with Gasteiger partial charge in [0.2, 0.25) is 11.8 Å². The SMILES string of the molecule is NC(=O)Oc1ccc(C(=O)NC2CCC(=O)NC2=O)cc1. The lowest BCUT2D eigenvalue weighted by Gasteiger charge is -2.21. The van der Waals surface area contributed by atoms with E-state index in [1.807, 2.05) is 0 Å². The molecule has 1 unspecified atom stereocenters. The molecule has 0 saturated carbocycles. The zero-order valence-electron chi connectivity index (χ0n) is 10.9. The maximum atomic E-state index is 12.0. The van der Waals surface area contributed by atoms with Gasteiger partial charge in [0, 0.05) is 12.0 Å². The molecule has 0 spiro atoms. The second-order valence-corrected chi connectivity index (χ2v) is 4.42. The predicted molar refractivity (Wildman–Crippen MR) is 70.3 cm³/mol. The molecule has 8 nitrogen and oxygen atoms in total. The Morgan fingerprint density at radius 3 is 2.48 bits per heavy atom. The number of piperidine rings is 1. The molecule has 1 fully saturated rings. The van der Waals surface area contributed by atoms with E-state index in [1.54, 1.807) is 0 Å². The molecule has 0 bridgehead atoms. The lowest BCUT2D eigenvalue weighted by atomic mass is 10.1. The molecular weight excluding hydrogens is 278 g/mol. The van der Waals surface area contributed by atoms with Crippen LogP contribution in [0.25, 0.3) is 0 Å². The summed E-state index contributed by atoms with van der Waals surface area (Å²) in [6.45, 7) is 0. The number of carbonyl (C=O) groups is 4. The van der Waals surface area contributed by atoms with Crippen molar-refractivity contribution < 1.29 is 23.9 Å². The fraction of sp³-hybridized carbons (Fsp3) is 0.231. The number of hydrogen-bond donors (Lipinski definition) is 3. The van der Waals surface area contributed by atoms with E-state index in [0.717, 1.165) is 0 Å². The molecule has 1 heterocycles. The van der Waals surface area contributed by atoms with Gasteiger partial charge in [-0.25, -0.2) is 4.79 Å². The van der Waals surface area contributed by atoms with Gasteiger partial charge in [-0.15, -0.1) is 0 Å². The number of primary amides is 1. The Morgan fingerprint density at radius 1 is 1.24 bits per heavy atom. The first-order valence-electron chi connectivity index (χ1n) is 6.17. The van der Waals surface area contributed by atoms with Crippen molar-refractivity contribution in [2.45, 2.75) is 18.9 Å². The highest BCUT2D eigenvalue weighted by Gasteiger charge is 2.27. The third-order valence-corrected chi connectivity index (χ3v) is 2.88. The fourth-order valence-electron chi connectivity index (χ4n) is 1.86. The summed E-state index contributed by atoms with van der Waals surface area (Å²) < 4.78 is 4.63. The van der Waals surface area contributed by atoms with E-state index >= 15 is 0 Å². The molecule has 4 N–H and O–H groups in total. The van der Waals surface area contributed by atoms with Crippen molar-refractivity contribution >= 4 is 23.8 Å². The van der Waals surface area contributed by atoms with E-state index in [1.165, 1.54) is 24.3 Å². The highest BCUT2D eigenvalue weighted by atomic mass is 16.5. The number of nitrogens with one attached hydrogen (secondary N) is 2. The van der Waals surface area contributed by atoms with Crippen LogP contribution >= 0.6 is 0 Å². The van der Waals surface area contributed by atoms with Crippen molar-refractivity contribution in [1.82, 2.24) is 10.6 Å². The largest absolute Gasteiger partial charge is 0.411 e. The van der Waals surface area contributed by atoms with E-state index in [4.69, 9.17) is 5.73 Å². The molecule has 4 amide bonds. The maximum Gasteiger partial charge on any atom is 0.409 e. The Hall–Kier alpha value is -2.90. The van der Waals surface area contributed by atoms with Crippen LogP contribution in [0, 0.1) is 0 Å². The molecule has 110 valence electrons. The molecule has 1 aromatic rings. The van der Waals surface area contributed by atoms with Crippen LogP contribution in [-0.4, -0.2) is 29.9 Å². The van der Waals surface area contributed by atoms with E-state index in [-0.39, 0.29) is 30.1 Å². The van der Waals surface area contributed by atoms with Crippen molar-refractivity contribution in [2.75, 3.05) is 0 Å². The number of benzene rings is 1. The third-order valence-electron chi connectivity index (χ3n) is 2.88. The van der Waals surface area contributed by atoms with Crippen molar-refractivity contribution in [3.05, 3.63) is 29.8 Å². The lowest BCUT2D eigenvalue weighted by molar-refractivity contribution is -0.134. The van der Waals surface area contributed by atoms with Gasteiger partial charge in [0.25, 0.3) is 5.91 Å². The van der Waals surface area contributed by atoms with Crippen molar-refractivity contribution in [1.29, 1.82) is 0 Å². The standard InChI is InChI=1S/C13H13N3O5/c14-13(20)21-8-3-1-7(2-4-8)11(18)15-9-5-6-10(17)16-12(9)19/h1-4,9H,5-6H2,(H2,14,20)(H,15,18)(H,16,17,19). The van der Waals surface area contributed by atoms with Crippen LogP contribution in [0.4, 0.5) is 4.79 Å². The average molecular weight is 291 g/mol. The smallest absolute Gasteiger partial charge is 0.409 e. The summed E-state index contributed by atoms with van der Waals surface area (Å²) in [4.78, 5) is 45.1. The zero-order valence-corrected chi connectivity index (χ0v) is 10.9. The van der Waals surface area contributed by atoms with Crippen molar-refractivity contribution in [2.24, 2.45) is 5.73 Å². The average Bonchev–Trinajstić information content (AvgIpc) is 2.42. The minimum Gasteiger partial charge on any atom is -0.411 e. The summed E-state index contributed by atoms with van der Waals surface area (Å²) in [6, 6.07) is 4.93. The fourth-order valence-corrected chi connectivity index (χ4v) is 1.86. The number of imide groups is 1. The Kier molecular flexibility index (Phi) is 4.17. The molecule has 0 aromatic heterocycles. The molecule has 1 aliphatic rings. The van der Waals surface area contributed by atoms with E-state index in [0.29, 0.717) is 0 Å². The Morgan fingerprint density at radius 2 is 1.90 bits per heavy atom. The summed E-state index contributed by atoms with van der Waals surface area (Å²) >= 11 is 0. The minimum atomic E-state index is -0.948. The van der Waals surface area contributed by atoms with Crippen LogP contribution in [0.15, 0.2) is 24.3 Å². The molecule has 0 aliphatic carbocycles. The molecule has 8 heteroatoms. The molecule has 1 saturated heterocycles. The van der Waals surface area contributed by atoms with Gasteiger partial charge >= 0.3 is 6.09 Å². The number of ether oxygens (including phenoxy) is 1. The molecule has 1 atom stereocenters. The predicted octanol–water partition coefficient (Wildman–Crippen LogP) is -0.321. The van der Waals surface area contributed by atoms with Gasteiger partial charge in [-0.05, 0) is 30.7 Å². The highest BCUT2D eigenvalue weighted by Crippen LogP contribution is 2.13. The Labute approximate surface area is 119 Å². The van der Waals surface area contributed by atoms with Gasteiger partial charge in [-0.1, -0.05) is 0 Å². The summed E-state index contributed by atoms with van der Waals surface area (Å²) in [5.74, 6) is -1.12. The number of rotatable bonds is 3. The molecular formula is C13H13N3O5. The Bertz CT molecular complexity index is 596. The van der Waals surface area contributed by atoms with E-state index in [9.17, 15) is 19.2 Å². The van der Waals surface area contributed by atoms with Crippen LogP contribution in [0.3, 0.4) is 0 Å². The first-order valence-corrected chi connectivity index (χ1v) is 6.17. The summed E-state index contributed by atoms with van der Waals surface area (Å²) in [5.41, 5.74) is 5.15. The van der Waals surface area contributed by atoms with E-state index < -0.39 is 23.9 Å². The highest BCUT2D eigenvalue weighted by molar-refractivity contribution is 6.03. The van der Waals surface area contributed by atoms with Gasteiger partial charge in [0.15, 0.2) is 0 Å². The summed E-state index contributed by atoms with van der Waals surface area (Å²) in [7, 11) is 0. The molecule has 21 heavy (non-hydrogen) atoms. The van der Waals surface area contributed by atoms with Gasteiger partial charge < -0.3 is 15.8 Å². The van der Waals surface area contributed by atoms with Gasteiger partial charge in [-0.2, -0.15) is 0 Å². The van der Waals surface area contributed by atoms with Crippen LogP contribution in [0.1, 0.15) is 23.2 Å². The number of hydrogen-bond acceptors (Lipinski definition) is 5. The first kappa shape index (κ1) is 14.5. The van der Waals surface area contributed by atoms with Crippen LogP contribution in [0.2, 0.25) is 0 Å². The van der Waals surface area contributed by atoms with E-state index in [2.05, 4.69) is 15.4 Å². The molecule has 1 aliphatic heterocycles. The van der Waals surface area contributed by atoms with Gasteiger partial charge in [0.1, 0.15) is 11.8 Å². The lowest BCUT2D eigenvalue weighted by Crippen LogP contribution is -2.52. The topological polar surface area (TPSA) is 128 Å². The first-order chi connectivity index (χ1) is 9.95. The summed E-state index contributed by atoms with van der Waals surface area (Å²) in [6.07, 6.45) is -0.503. The second-order valence-electron chi connectivity index (χ2n) is 4.42. The van der Waals surface area contributed by atoms with Crippen LogP contribution in [0.5, 0.6) is 5.75 Å². The third kappa shape index (κ3) is 3.78.